The summed E-state index contributed by atoms with van der Waals surface area (Å²) in [7, 11) is 0. The van der Waals surface area contributed by atoms with E-state index in [9.17, 15) is 18.3 Å². The van der Waals surface area contributed by atoms with Gasteiger partial charge in [0.15, 0.2) is 18.6 Å². The monoisotopic (exact) mass is 336 g/mol. The van der Waals surface area contributed by atoms with E-state index in [2.05, 4.69) is 6.92 Å². The lowest BCUT2D eigenvalue weighted by molar-refractivity contribution is -0.260. The maximum Gasteiger partial charge on any atom is 0.165 e. The quantitative estimate of drug-likeness (QED) is 0.842. The number of aliphatic hydroxyl groups is 1. The highest BCUT2D eigenvalue weighted by molar-refractivity contribution is 4.95. The molecule has 23 heavy (non-hydrogen) atoms. The highest BCUT2D eigenvalue weighted by Crippen LogP contribution is 2.39. The zero-order valence-corrected chi connectivity index (χ0v) is 13.5. The maximum absolute atomic E-state index is 13.7. The average Bonchev–Trinajstić information content (AvgIpc) is 2.57. The third-order valence-corrected chi connectivity index (χ3v) is 5.94. The number of hydrogen-bond acceptors (Lipinski definition) is 3. The van der Waals surface area contributed by atoms with Gasteiger partial charge < -0.3 is 14.6 Å². The van der Waals surface area contributed by atoms with Gasteiger partial charge in [-0.15, -0.1) is 0 Å². The van der Waals surface area contributed by atoms with Gasteiger partial charge in [0, 0.05) is 11.8 Å². The maximum atomic E-state index is 13.7. The van der Waals surface area contributed by atoms with Crippen LogP contribution in [0.5, 0.6) is 0 Å². The number of aliphatic hydroxyl groups excluding tert-OH is 1. The lowest BCUT2D eigenvalue weighted by Gasteiger charge is -2.43. The van der Waals surface area contributed by atoms with Crippen LogP contribution >= 0.6 is 0 Å². The second kappa shape index (κ2) is 7.28. The fourth-order valence-corrected chi connectivity index (χ4v) is 4.24. The predicted molar refractivity (Wildman–Crippen MR) is 79.1 cm³/mol. The number of ether oxygens (including phenoxy) is 2. The Morgan fingerprint density at radius 2 is 1.48 bits per heavy atom. The first-order valence-electron chi connectivity index (χ1n) is 8.80. The van der Waals surface area contributed by atoms with Crippen LogP contribution in [0.15, 0.2) is 0 Å². The Kier molecular flexibility index (Phi) is 5.53. The third kappa shape index (κ3) is 3.69. The predicted octanol–water partition coefficient (Wildman–Crippen LogP) is 3.20. The van der Waals surface area contributed by atoms with E-state index in [0.717, 1.165) is 18.8 Å². The lowest BCUT2D eigenvalue weighted by Crippen LogP contribution is -2.54. The number of alkyl halides is 3. The summed E-state index contributed by atoms with van der Waals surface area (Å²) in [6, 6.07) is 0. The van der Waals surface area contributed by atoms with Gasteiger partial charge in [-0.2, -0.15) is 0 Å². The zero-order chi connectivity index (χ0) is 16.6. The molecule has 0 aromatic rings. The molecule has 0 amide bonds. The van der Waals surface area contributed by atoms with Gasteiger partial charge in [-0.3, -0.25) is 0 Å². The molecule has 1 N–H and O–H groups in total. The van der Waals surface area contributed by atoms with Crippen molar-refractivity contribution in [3.05, 3.63) is 0 Å². The minimum Gasteiger partial charge on any atom is -0.389 e. The van der Waals surface area contributed by atoms with E-state index in [4.69, 9.17) is 9.47 Å². The Labute approximate surface area is 135 Å². The van der Waals surface area contributed by atoms with E-state index in [1.807, 2.05) is 0 Å². The lowest BCUT2D eigenvalue weighted by atomic mass is 9.76. The van der Waals surface area contributed by atoms with Gasteiger partial charge in [0.05, 0.1) is 19.3 Å². The van der Waals surface area contributed by atoms with E-state index in [-0.39, 0.29) is 6.42 Å². The summed E-state index contributed by atoms with van der Waals surface area (Å²) < 4.78 is 51.9. The van der Waals surface area contributed by atoms with Gasteiger partial charge in [0.25, 0.3) is 0 Å². The van der Waals surface area contributed by atoms with Crippen molar-refractivity contribution in [2.75, 3.05) is 13.2 Å². The summed E-state index contributed by atoms with van der Waals surface area (Å²) in [5, 5.41) is 9.88. The average molecular weight is 336 g/mol. The van der Waals surface area contributed by atoms with Crippen LogP contribution < -0.4 is 0 Å². The van der Waals surface area contributed by atoms with Crippen molar-refractivity contribution in [2.45, 2.75) is 69.9 Å². The first-order chi connectivity index (χ1) is 11.0. The molecular weight excluding hydrogens is 309 g/mol. The Morgan fingerprint density at radius 1 is 0.870 bits per heavy atom. The fraction of sp³-hybridized carbons (Fsp3) is 1.00. The van der Waals surface area contributed by atoms with Crippen LogP contribution in [0.25, 0.3) is 0 Å². The normalized spacial score (nSPS) is 52.3. The second-order valence-corrected chi connectivity index (χ2v) is 7.61. The van der Waals surface area contributed by atoms with Crippen LogP contribution in [0.2, 0.25) is 0 Å². The molecule has 2 aliphatic carbocycles. The minimum absolute atomic E-state index is 0.265. The molecular formula is C17H27F3O3. The number of halogens is 3. The van der Waals surface area contributed by atoms with E-state index < -0.39 is 36.8 Å². The Bertz CT molecular complexity index is 381. The summed E-state index contributed by atoms with van der Waals surface area (Å²) in [5.41, 5.74) is 0. The van der Waals surface area contributed by atoms with Gasteiger partial charge in [-0.05, 0) is 31.1 Å². The highest BCUT2D eigenvalue weighted by atomic mass is 19.2. The molecule has 6 heteroatoms. The van der Waals surface area contributed by atoms with Crippen molar-refractivity contribution in [1.82, 2.24) is 0 Å². The van der Waals surface area contributed by atoms with Crippen molar-refractivity contribution >= 4 is 0 Å². The number of rotatable bonds is 2. The molecule has 3 fully saturated rings. The molecule has 5 atom stereocenters. The van der Waals surface area contributed by atoms with Gasteiger partial charge in [0.1, 0.15) is 6.17 Å². The molecule has 3 aliphatic rings. The summed E-state index contributed by atoms with van der Waals surface area (Å²) in [4.78, 5) is 0. The molecule has 134 valence electrons. The zero-order valence-electron chi connectivity index (χ0n) is 13.5. The third-order valence-electron chi connectivity index (χ3n) is 5.94. The van der Waals surface area contributed by atoms with Gasteiger partial charge in [-0.1, -0.05) is 19.8 Å². The molecule has 1 saturated heterocycles. The first-order valence-corrected chi connectivity index (χ1v) is 8.80. The van der Waals surface area contributed by atoms with Crippen LogP contribution in [-0.2, 0) is 9.47 Å². The summed E-state index contributed by atoms with van der Waals surface area (Å²) in [6.07, 6.45) is -4.30. The Morgan fingerprint density at radius 3 is 2.09 bits per heavy atom. The van der Waals surface area contributed by atoms with Crippen LogP contribution in [0.4, 0.5) is 13.2 Å². The molecule has 2 saturated carbocycles. The summed E-state index contributed by atoms with van der Waals surface area (Å²) in [5.74, 6) is 0.801. The SMILES string of the molecule is CC1CCC(C2COC(C3CC(F)C(F)C(F)C3O)OC2)CC1. The topological polar surface area (TPSA) is 38.7 Å². The van der Waals surface area contributed by atoms with Crippen LogP contribution in [0.3, 0.4) is 0 Å². The molecule has 3 nitrogen and oxygen atoms in total. The molecule has 5 unspecified atom stereocenters. The van der Waals surface area contributed by atoms with E-state index in [0.29, 0.717) is 25.0 Å². The molecule has 0 bridgehead atoms. The molecule has 0 spiro atoms. The van der Waals surface area contributed by atoms with Crippen molar-refractivity contribution in [1.29, 1.82) is 0 Å². The Hall–Kier alpha value is -0.330. The van der Waals surface area contributed by atoms with Crippen molar-refractivity contribution in [3.63, 3.8) is 0 Å². The van der Waals surface area contributed by atoms with Crippen molar-refractivity contribution in [3.8, 4) is 0 Å². The van der Waals surface area contributed by atoms with Gasteiger partial charge >= 0.3 is 0 Å². The number of hydrogen-bond donors (Lipinski definition) is 1. The van der Waals surface area contributed by atoms with Crippen LogP contribution in [-0.4, -0.2) is 49.2 Å². The van der Waals surface area contributed by atoms with Crippen LogP contribution in [0, 0.1) is 23.7 Å². The molecule has 0 aromatic carbocycles. The second-order valence-electron chi connectivity index (χ2n) is 7.61. The van der Waals surface area contributed by atoms with E-state index >= 15 is 0 Å². The largest absolute Gasteiger partial charge is 0.389 e. The van der Waals surface area contributed by atoms with Crippen LogP contribution in [0.1, 0.15) is 39.0 Å². The first kappa shape index (κ1) is 17.5. The van der Waals surface area contributed by atoms with Gasteiger partial charge in [-0.25, -0.2) is 13.2 Å². The molecule has 1 aliphatic heterocycles. The van der Waals surface area contributed by atoms with Crippen molar-refractivity contribution in [2.24, 2.45) is 23.7 Å². The molecule has 0 aromatic heterocycles. The fourth-order valence-electron chi connectivity index (χ4n) is 4.24. The van der Waals surface area contributed by atoms with Crippen molar-refractivity contribution < 1.29 is 27.8 Å². The van der Waals surface area contributed by atoms with E-state index in [1.165, 1.54) is 12.8 Å². The highest BCUT2D eigenvalue weighted by Gasteiger charge is 2.49. The minimum atomic E-state index is -2.26. The van der Waals surface area contributed by atoms with E-state index in [1.54, 1.807) is 0 Å². The summed E-state index contributed by atoms with van der Waals surface area (Å²) >= 11 is 0. The molecule has 1 heterocycles. The summed E-state index contributed by atoms with van der Waals surface area (Å²) in [6.45, 7) is 3.24. The Balaban J connectivity index is 1.52. The molecule has 3 rings (SSSR count). The molecule has 0 radical (unpaired) electrons. The smallest absolute Gasteiger partial charge is 0.165 e. The standard InChI is InChI=1S/C17H27F3O3/c1-9-2-4-10(5-3-9)11-7-22-17(23-8-11)12-6-13(18)14(19)15(20)16(12)21/h9-17,21H,2-8H2,1H3. The van der Waals surface area contributed by atoms with Gasteiger partial charge in [0.2, 0.25) is 0 Å².